The number of nitrogens with zero attached hydrogens (tertiary/aromatic N) is 4. The first kappa shape index (κ1) is 18.0. The highest BCUT2D eigenvalue weighted by molar-refractivity contribution is 5.80. The van der Waals surface area contributed by atoms with Gasteiger partial charge in [-0.2, -0.15) is 0 Å². The van der Waals surface area contributed by atoms with Crippen LogP contribution in [0.3, 0.4) is 0 Å². The molecule has 138 valence electrons. The monoisotopic (exact) mass is 357 g/mol. The largest absolute Gasteiger partial charge is 0.481 e. The van der Waals surface area contributed by atoms with Gasteiger partial charge in [-0.3, -0.25) is 4.99 Å². The first-order valence-electron chi connectivity index (χ1n) is 8.64. The molecule has 0 atom stereocenters. The Morgan fingerprint density at radius 3 is 2.46 bits per heavy atom. The van der Waals surface area contributed by atoms with Gasteiger partial charge in [0.15, 0.2) is 5.96 Å². The van der Waals surface area contributed by atoms with E-state index < -0.39 is 0 Å². The molecule has 2 aromatic rings. The van der Waals surface area contributed by atoms with Crippen molar-refractivity contribution in [2.45, 2.75) is 6.54 Å². The van der Waals surface area contributed by atoms with Crippen LogP contribution in [-0.2, 0) is 6.54 Å². The third-order valence-corrected chi connectivity index (χ3v) is 4.44. The van der Waals surface area contributed by atoms with Gasteiger partial charge in [-0.25, -0.2) is 9.37 Å². The molecule has 0 unspecified atom stereocenters. The van der Waals surface area contributed by atoms with Crippen molar-refractivity contribution in [3.63, 3.8) is 0 Å². The standard InChI is InChI=1S/C19H24FN5O/c1-21-19(23-14-15-3-8-18(26-2)22-13-15)25-11-9-24(10-12-25)17-6-4-16(20)5-7-17/h3-8,13H,9-12,14H2,1-2H3,(H,21,23). The van der Waals surface area contributed by atoms with Gasteiger partial charge in [0.2, 0.25) is 5.88 Å². The van der Waals surface area contributed by atoms with Crippen LogP contribution in [0.15, 0.2) is 47.6 Å². The van der Waals surface area contributed by atoms with Crippen molar-refractivity contribution in [1.29, 1.82) is 0 Å². The van der Waals surface area contributed by atoms with Gasteiger partial charge < -0.3 is 19.9 Å². The summed E-state index contributed by atoms with van der Waals surface area (Å²) >= 11 is 0. The molecule has 1 aromatic carbocycles. The molecule has 0 saturated carbocycles. The Morgan fingerprint density at radius 1 is 1.15 bits per heavy atom. The Morgan fingerprint density at radius 2 is 1.88 bits per heavy atom. The van der Waals surface area contributed by atoms with Crippen LogP contribution in [0.1, 0.15) is 5.56 Å². The number of ether oxygens (including phenoxy) is 1. The summed E-state index contributed by atoms with van der Waals surface area (Å²) in [6.45, 7) is 4.12. The van der Waals surface area contributed by atoms with Crippen molar-refractivity contribution in [2.24, 2.45) is 4.99 Å². The van der Waals surface area contributed by atoms with Crippen molar-refractivity contribution >= 4 is 11.6 Å². The van der Waals surface area contributed by atoms with Crippen LogP contribution in [0.4, 0.5) is 10.1 Å². The number of rotatable bonds is 4. The molecule has 3 rings (SSSR count). The zero-order chi connectivity index (χ0) is 18.4. The normalized spacial score (nSPS) is 15.1. The lowest BCUT2D eigenvalue weighted by molar-refractivity contribution is 0.372. The Bertz CT molecular complexity index is 725. The first-order chi connectivity index (χ1) is 12.7. The number of benzene rings is 1. The molecular weight excluding hydrogens is 333 g/mol. The number of guanidine groups is 1. The Balaban J connectivity index is 1.52. The van der Waals surface area contributed by atoms with Gasteiger partial charge in [0, 0.05) is 57.7 Å². The fourth-order valence-corrected chi connectivity index (χ4v) is 2.98. The van der Waals surface area contributed by atoms with Crippen LogP contribution in [0.5, 0.6) is 5.88 Å². The van der Waals surface area contributed by atoms with Crippen LogP contribution >= 0.6 is 0 Å². The predicted molar refractivity (Wildman–Crippen MR) is 101 cm³/mol. The summed E-state index contributed by atoms with van der Waals surface area (Å²) in [5.74, 6) is 1.28. The Kier molecular flexibility index (Phi) is 5.88. The molecule has 1 aliphatic heterocycles. The SMILES string of the molecule is CN=C(NCc1ccc(OC)nc1)N1CCN(c2ccc(F)cc2)CC1. The molecular formula is C19H24FN5O. The minimum Gasteiger partial charge on any atom is -0.481 e. The Labute approximate surface area is 153 Å². The van der Waals surface area contributed by atoms with E-state index in [1.165, 1.54) is 12.1 Å². The number of pyridine rings is 1. The van der Waals surface area contributed by atoms with Crippen LogP contribution < -0.4 is 15.0 Å². The summed E-state index contributed by atoms with van der Waals surface area (Å²) in [6, 6.07) is 10.5. The fourth-order valence-electron chi connectivity index (χ4n) is 2.98. The lowest BCUT2D eigenvalue weighted by Crippen LogP contribution is -2.52. The predicted octanol–water partition coefficient (Wildman–Crippen LogP) is 2.13. The topological polar surface area (TPSA) is 53.0 Å². The number of halogens is 1. The van der Waals surface area contributed by atoms with Crippen LogP contribution in [0.2, 0.25) is 0 Å². The van der Waals surface area contributed by atoms with E-state index >= 15 is 0 Å². The molecule has 0 spiro atoms. The molecule has 6 nitrogen and oxygen atoms in total. The molecule has 1 saturated heterocycles. The lowest BCUT2D eigenvalue weighted by Gasteiger charge is -2.37. The highest BCUT2D eigenvalue weighted by atomic mass is 19.1. The molecule has 7 heteroatoms. The summed E-state index contributed by atoms with van der Waals surface area (Å²) < 4.78 is 18.1. The second kappa shape index (κ2) is 8.51. The van der Waals surface area contributed by atoms with Crippen molar-refractivity contribution < 1.29 is 9.13 Å². The third kappa shape index (κ3) is 4.41. The number of hydrogen-bond acceptors (Lipinski definition) is 4. The second-order valence-electron chi connectivity index (χ2n) is 6.06. The van der Waals surface area contributed by atoms with Crippen molar-refractivity contribution in [3.05, 3.63) is 54.0 Å². The highest BCUT2D eigenvalue weighted by Crippen LogP contribution is 2.17. The number of anilines is 1. The van der Waals surface area contributed by atoms with E-state index in [0.29, 0.717) is 12.4 Å². The molecule has 0 radical (unpaired) electrons. The van der Waals surface area contributed by atoms with Gasteiger partial charge in [0.05, 0.1) is 7.11 Å². The van der Waals surface area contributed by atoms with Crippen molar-refractivity contribution in [1.82, 2.24) is 15.2 Å². The van der Waals surface area contributed by atoms with Gasteiger partial charge in [0.1, 0.15) is 5.82 Å². The van der Waals surface area contributed by atoms with Crippen LogP contribution in [-0.4, -0.2) is 56.2 Å². The van der Waals surface area contributed by atoms with E-state index in [1.807, 2.05) is 24.3 Å². The number of aliphatic imine (C=N–C) groups is 1. The Hall–Kier alpha value is -2.83. The van der Waals surface area contributed by atoms with Crippen molar-refractivity contribution in [3.8, 4) is 5.88 Å². The quantitative estimate of drug-likeness (QED) is 0.671. The molecule has 1 N–H and O–H groups in total. The average molecular weight is 357 g/mol. The maximum atomic E-state index is 13.1. The molecule has 2 heterocycles. The summed E-state index contributed by atoms with van der Waals surface area (Å²) in [5, 5.41) is 3.38. The molecule has 0 bridgehead atoms. The molecule has 0 aliphatic carbocycles. The number of hydrogen-bond donors (Lipinski definition) is 1. The van der Waals surface area contributed by atoms with Gasteiger partial charge in [0.25, 0.3) is 0 Å². The second-order valence-corrected chi connectivity index (χ2v) is 6.06. The molecule has 26 heavy (non-hydrogen) atoms. The maximum Gasteiger partial charge on any atom is 0.212 e. The first-order valence-corrected chi connectivity index (χ1v) is 8.64. The van der Waals surface area contributed by atoms with Gasteiger partial charge in [-0.15, -0.1) is 0 Å². The summed E-state index contributed by atoms with van der Waals surface area (Å²) in [5.41, 5.74) is 2.12. The van der Waals surface area contributed by atoms with E-state index in [2.05, 4.69) is 25.1 Å². The van der Waals surface area contributed by atoms with E-state index in [4.69, 9.17) is 4.74 Å². The summed E-state index contributed by atoms with van der Waals surface area (Å²) in [6.07, 6.45) is 1.80. The molecule has 1 aliphatic rings. The molecule has 1 aromatic heterocycles. The number of methoxy groups -OCH3 is 1. The van der Waals surface area contributed by atoms with Gasteiger partial charge in [-0.1, -0.05) is 6.07 Å². The minimum atomic E-state index is -0.204. The summed E-state index contributed by atoms with van der Waals surface area (Å²) in [7, 11) is 3.40. The summed E-state index contributed by atoms with van der Waals surface area (Å²) in [4.78, 5) is 13.1. The van der Waals surface area contributed by atoms with Crippen LogP contribution in [0, 0.1) is 5.82 Å². The van der Waals surface area contributed by atoms with Crippen LogP contribution in [0.25, 0.3) is 0 Å². The van der Waals surface area contributed by atoms with E-state index in [1.54, 1.807) is 20.4 Å². The zero-order valence-electron chi connectivity index (χ0n) is 15.2. The average Bonchev–Trinajstić information content (AvgIpc) is 2.70. The fraction of sp³-hybridized carbons (Fsp3) is 0.368. The maximum absolute atomic E-state index is 13.1. The highest BCUT2D eigenvalue weighted by Gasteiger charge is 2.19. The van der Waals surface area contributed by atoms with Crippen molar-refractivity contribution in [2.75, 3.05) is 45.2 Å². The molecule has 0 amide bonds. The molecule has 1 fully saturated rings. The number of nitrogens with one attached hydrogen (secondary N) is 1. The van der Waals surface area contributed by atoms with Gasteiger partial charge in [-0.05, 0) is 29.8 Å². The minimum absolute atomic E-state index is 0.204. The number of piperazine rings is 1. The smallest absolute Gasteiger partial charge is 0.212 e. The van der Waals surface area contributed by atoms with Gasteiger partial charge >= 0.3 is 0 Å². The number of aromatic nitrogens is 1. The lowest BCUT2D eigenvalue weighted by atomic mass is 10.2. The van der Waals surface area contributed by atoms with E-state index in [-0.39, 0.29) is 5.82 Å². The van der Waals surface area contributed by atoms with E-state index in [0.717, 1.165) is 43.4 Å². The third-order valence-electron chi connectivity index (χ3n) is 4.44. The zero-order valence-corrected chi connectivity index (χ0v) is 15.2. The van der Waals surface area contributed by atoms with E-state index in [9.17, 15) is 4.39 Å².